The van der Waals surface area contributed by atoms with Gasteiger partial charge in [0.15, 0.2) is 0 Å². The highest BCUT2D eigenvalue weighted by molar-refractivity contribution is 5.86. The highest BCUT2D eigenvalue weighted by Gasteiger charge is 2.17. The SMILES string of the molecule is NC(CC1CCCCCCCCCCC1)c1cccc2ccccc12. The van der Waals surface area contributed by atoms with E-state index in [0.29, 0.717) is 0 Å². The molecule has 0 spiro atoms. The van der Waals surface area contributed by atoms with Crippen LogP contribution in [0.25, 0.3) is 10.8 Å². The lowest BCUT2D eigenvalue weighted by Gasteiger charge is -2.23. The molecular formula is C24H35N. The van der Waals surface area contributed by atoms with Gasteiger partial charge in [-0.1, -0.05) is 113 Å². The van der Waals surface area contributed by atoms with Crippen LogP contribution in [0.1, 0.15) is 88.7 Å². The van der Waals surface area contributed by atoms with Gasteiger partial charge in [0.1, 0.15) is 0 Å². The fraction of sp³-hybridized carbons (Fsp3) is 0.583. The predicted octanol–water partition coefficient (Wildman–Crippen LogP) is 7.15. The Bertz CT molecular complexity index is 616. The smallest absolute Gasteiger partial charge is 0.0303 e. The van der Waals surface area contributed by atoms with Crippen LogP contribution >= 0.6 is 0 Å². The number of hydrogen-bond acceptors (Lipinski definition) is 1. The van der Waals surface area contributed by atoms with Gasteiger partial charge < -0.3 is 5.73 Å². The van der Waals surface area contributed by atoms with Crippen LogP contribution < -0.4 is 5.73 Å². The minimum absolute atomic E-state index is 0.170. The van der Waals surface area contributed by atoms with Gasteiger partial charge in [0.05, 0.1) is 0 Å². The summed E-state index contributed by atoms with van der Waals surface area (Å²) in [5.41, 5.74) is 8.05. The fourth-order valence-electron chi connectivity index (χ4n) is 4.54. The van der Waals surface area contributed by atoms with E-state index in [1.54, 1.807) is 0 Å². The molecular weight excluding hydrogens is 302 g/mol. The number of nitrogens with two attached hydrogens (primary N) is 1. The second kappa shape index (κ2) is 9.97. The zero-order valence-electron chi connectivity index (χ0n) is 15.8. The highest BCUT2D eigenvalue weighted by Crippen LogP contribution is 2.31. The zero-order chi connectivity index (χ0) is 17.3. The van der Waals surface area contributed by atoms with E-state index >= 15 is 0 Å². The van der Waals surface area contributed by atoms with Crippen LogP contribution in [0.4, 0.5) is 0 Å². The van der Waals surface area contributed by atoms with Gasteiger partial charge in [-0.2, -0.15) is 0 Å². The Kier molecular flexibility index (Phi) is 7.36. The molecule has 2 N–H and O–H groups in total. The molecule has 1 heteroatoms. The van der Waals surface area contributed by atoms with Crippen LogP contribution in [0.2, 0.25) is 0 Å². The van der Waals surface area contributed by atoms with Crippen LogP contribution in [-0.4, -0.2) is 0 Å². The van der Waals surface area contributed by atoms with Crippen molar-refractivity contribution in [1.29, 1.82) is 0 Å². The molecule has 136 valence electrons. The van der Waals surface area contributed by atoms with Crippen LogP contribution in [0.3, 0.4) is 0 Å². The van der Waals surface area contributed by atoms with Crippen molar-refractivity contribution in [2.24, 2.45) is 11.7 Å². The molecule has 1 unspecified atom stereocenters. The summed E-state index contributed by atoms with van der Waals surface area (Å²) in [6.07, 6.45) is 16.7. The normalized spacial score (nSPS) is 19.9. The summed E-state index contributed by atoms with van der Waals surface area (Å²) >= 11 is 0. The average molecular weight is 338 g/mol. The first-order valence-electron chi connectivity index (χ1n) is 10.6. The van der Waals surface area contributed by atoms with Crippen molar-refractivity contribution >= 4 is 10.8 Å². The van der Waals surface area contributed by atoms with Gasteiger partial charge in [-0.15, -0.1) is 0 Å². The molecule has 0 aliphatic heterocycles. The van der Waals surface area contributed by atoms with Crippen molar-refractivity contribution in [2.75, 3.05) is 0 Å². The first-order valence-corrected chi connectivity index (χ1v) is 10.6. The van der Waals surface area contributed by atoms with Crippen LogP contribution in [0.5, 0.6) is 0 Å². The third-order valence-corrected chi connectivity index (χ3v) is 6.03. The number of fused-ring (bicyclic) bond motifs is 1. The molecule has 1 nitrogen and oxygen atoms in total. The van der Waals surface area contributed by atoms with Gasteiger partial charge in [-0.05, 0) is 28.7 Å². The molecule has 1 fully saturated rings. The highest BCUT2D eigenvalue weighted by atomic mass is 14.6. The summed E-state index contributed by atoms with van der Waals surface area (Å²) in [4.78, 5) is 0. The quantitative estimate of drug-likeness (QED) is 0.632. The summed E-state index contributed by atoms with van der Waals surface area (Å²) in [5.74, 6) is 0.799. The largest absolute Gasteiger partial charge is 0.324 e. The molecule has 0 heterocycles. The summed E-state index contributed by atoms with van der Waals surface area (Å²) in [6.45, 7) is 0. The minimum atomic E-state index is 0.170. The number of benzene rings is 2. The lowest BCUT2D eigenvalue weighted by molar-refractivity contribution is 0.352. The van der Waals surface area contributed by atoms with Gasteiger partial charge in [-0.25, -0.2) is 0 Å². The fourth-order valence-corrected chi connectivity index (χ4v) is 4.54. The molecule has 1 aliphatic carbocycles. The number of hydrogen-bond donors (Lipinski definition) is 1. The molecule has 2 aromatic rings. The van der Waals surface area contributed by atoms with Crippen molar-refractivity contribution in [3.05, 3.63) is 48.0 Å². The molecule has 0 bridgehead atoms. The average Bonchev–Trinajstić information content (AvgIpc) is 2.63. The summed E-state index contributed by atoms with van der Waals surface area (Å²) in [5, 5.41) is 2.65. The van der Waals surface area contributed by atoms with Crippen molar-refractivity contribution in [3.63, 3.8) is 0 Å². The Morgan fingerprint density at radius 3 is 1.96 bits per heavy atom. The second-order valence-corrected chi connectivity index (χ2v) is 8.04. The lowest BCUT2D eigenvalue weighted by Crippen LogP contribution is -2.16. The van der Waals surface area contributed by atoms with Gasteiger partial charge in [0.2, 0.25) is 0 Å². The van der Waals surface area contributed by atoms with E-state index in [0.717, 1.165) is 12.3 Å². The number of rotatable bonds is 3. The van der Waals surface area contributed by atoms with E-state index in [4.69, 9.17) is 5.73 Å². The monoisotopic (exact) mass is 337 g/mol. The topological polar surface area (TPSA) is 26.0 Å². The van der Waals surface area contributed by atoms with Crippen molar-refractivity contribution < 1.29 is 0 Å². The molecule has 0 aromatic heterocycles. The molecule has 1 aliphatic rings. The second-order valence-electron chi connectivity index (χ2n) is 8.04. The van der Waals surface area contributed by atoms with Gasteiger partial charge in [0, 0.05) is 6.04 Å². The van der Waals surface area contributed by atoms with Gasteiger partial charge >= 0.3 is 0 Å². The van der Waals surface area contributed by atoms with Crippen LogP contribution in [0, 0.1) is 5.92 Å². The zero-order valence-corrected chi connectivity index (χ0v) is 15.8. The molecule has 2 aromatic carbocycles. The first-order chi connectivity index (χ1) is 12.3. The third kappa shape index (κ3) is 5.57. The maximum atomic E-state index is 6.71. The Hall–Kier alpha value is -1.34. The summed E-state index contributed by atoms with van der Waals surface area (Å²) in [7, 11) is 0. The Morgan fingerprint density at radius 2 is 1.28 bits per heavy atom. The maximum absolute atomic E-state index is 6.71. The molecule has 1 saturated carbocycles. The molecule has 0 amide bonds. The Balaban J connectivity index is 1.65. The van der Waals surface area contributed by atoms with E-state index in [-0.39, 0.29) is 6.04 Å². The standard InChI is InChI=1S/C24H35N/c25-24(23-18-12-16-21-15-10-11-17-22(21)23)19-20-13-8-6-4-2-1-3-5-7-9-14-20/h10-12,15-18,20,24H,1-9,13-14,19,25H2. The van der Waals surface area contributed by atoms with Gasteiger partial charge in [-0.3, -0.25) is 0 Å². The summed E-state index contributed by atoms with van der Waals surface area (Å²) in [6, 6.07) is 15.4. The van der Waals surface area contributed by atoms with E-state index < -0.39 is 0 Å². The van der Waals surface area contributed by atoms with Crippen molar-refractivity contribution in [2.45, 2.75) is 83.1 Å². The van der Waals surface area contributed by atoms with E-state index in [9.17, 15) is 0 Å². The van der Waals surface area contributed by atoms with Gasteiger partial charge in [0.25, 0.3) is 0 Å². The van der Waals surface area contributed by atoms with E-state index in [1.807, 2.05) is 0 Å². The van der Waals surface area contributed by atoms with Crippen LogP contribution in [0.15, 0.2) is 42.5 Å². The van der Waals surface area contributed by atoms with Crippen molar-refractivity contribution in [3.8, 4) is 0 Å². The molecule has 0 saturated heterocycles. The summed E-state index contributed by atoms with van der Waals surface area (Å²) < 4.78 is 0. The van der Waals surface area contributed by atoms with Crippen LogP contribution in [-0.2, 0) is 0 Å². The molecule has 3 rings (SSSR count). The first kappa shape index (κ1) is 18.5. The predicted molar refractivity (Wildman–Crippen MR) is 110 cm³/mol. The van der Waals surface area contributed by atoms with Crippen molar-refractivity contribution in [1.82, 2.24) is 0 Å². The maximum Gasteiger partial charge on any atom is 0.0303 e. The lowest BCUT2D eigenvalue weighted by atomic mass is 9.85. The molecule has 25 heavy (non-hydrogen) atoms. The third-order valence-electron chi connectivity index (χ3n) is 6.03. The van der Waals surface area contributed by atoms with E-state index in [2.05, 4.69) is 42.5 Å². The minimum Gasteiger partial charge on any atom is -0.324 e. The molecule has 1 atom stereocenters. The van der Waals surface area contributed by atoms with E-state index in [1.165, 1.54) is 87.0 Å². The molecule has 0 radical (unpaired) electrons. The Morgan fingerprint density at radius 1 is 0.720 bits per heavy atom. The Labute approximate surface area is 154 Å².